The Hall–Kier alpha value is -1.95. The van der Waals surface area contributed by atoms with E-state index in [2.05, 4.69) is 11.9 Å². The Kier molecular flexibility index (Phi) is 9.68. The fourth-order valence-electron chi connectivity index (χ4n) is 2.26. The van der Waals surface area contributed by atoms with Crippen molar-refractivity contribution in [1.29, 1.82) is 0 Å². The second-order valence-electron chi connectivity index (χ2n) is 5.74. The molecule has 0 N–H and O–H groups in total. The number of pyridine rings is 1. The lowest BCUT2D eigenvalue weighted by Gasteiger charge is -2.25. The first-order chi connectivity index (χ1) is 11.6. The van der Waals surface area contributed by atoms with Crippen LogP contribution in [-0.2, 0) is 14.3 Å². The van der Waals surface area contributed by atoms with Gasteiger partial charge >= 0.3 is 5.97 Å². The fraction of sp³-hybridized carbons (Fsp3) is 0.611. The highest BCUT2D eigenvalue weighted by atomic mass is 16.5. The maximum atomic E-state index is 12.7. The number of rotatable bonds is 11. The number of aromatic nitrogens is 1. The number of ether oxygens (including phenoxy) is 2. The number of nitrogens with zero attached hydrogens (tertiary/aromatic N) is 2. The average molecular weight is 336 g/mol. The third-order valence-corrected chi connectivity index (χ3v) is 3.65. The zero-order valence-corrected chi connectivity index (χ0v) is 14.9. The fourth-order valence-corrected chi connectivity index (χ4v) is 2.26. The summed E-state index contributed by atoms with van der Waals surface area (Å²) in [5.41, 5.74) is 0.515. The summed E-state index contributed by atoms with van der Waals surface area (Å²) in [7, 11) is 1.35. The van der Waals surface area contributed by atoms with Gasteiger partial charge in [-0.05, 0) is 25.0 Å². The van der Waals surface area contributed by atoms with Crippen molar-refractivity contribution in [3.8, 4) is 0 Å². The van der Waals surface area contributed by atoms with E-state index in [1.807, 2.05) is 0 Å². The van der Waals surface area contributed by atoms with Gasteiger partial charge in [0.15, 0.2) is 0 Å². The molecule has 1 atom stereocenters. The molecule has 1 rings (SSSR count). The Morgan fingerprint density at radius 2 is 2.04 bits per heavy atom. The van der Waals surface area contributed by atoms with Crippen molar-refractivity contribution in [2.45, 2.75) is 33.1 Å². The van der Waals surface area contributed by atoms with Crippen LogP contribution in [0.5, 0.6) is 0 Å². The summed E-state index contributed by atoms with van der Waals surface area (Å²) in [6, 6.07) is 3.45. The van der Waals surface area contributed by atoms with E-state index < -0.39 is 0 Å². The Labute approximate surface area is 144 Å². The van der Waals surface area contributed by atoms with Crippen molar-refractivity contribution in [3.05, 3.63) is 30.1 Å². The van der Waals surface area contributed by atoms with Crippen LogP contribution in [0.1, 0.15) is 43.5 Å². The molecule has 0 aliphatic heterocycles. The van der Waals surface area contributed by atoms with Crippen LogP contribution in [-0.4, -0.2) is 55.2 Å². The maximum absolute atomic E-state index is 12.7. The Balaban J connectivity index is 2.62. The highest BCUT2D eigenvalue weighted by Crippen LogP contribution is 2.09. The van der Waals surface area contributed by atoms with Crippen LogP contribution in [0.15, 0.2) is 24.5 Å². The van der Waals surface area contributed by atoms with Gasteiger partial charge in [-0.2, -0.15) is 0 Å². The molecule has 6 heteroatoms. The summed E-state index contributed by atoms with van der Waals surface area (Å²) < 4.78 is 10.3. The first kappa shape index (κ1) is 20.1. The van der Waals surface area contributed by atoms with E-state index in [-0.39, 0.29) is 17.8 Å². The van der Waals surface area contributed by atoms with Gasteiger partial charge < -0.3 is 14.4 Å². The molecule has 1 amide bonds. The molecule has 0 saturated carbocycles. The molecule has 1 aromatic rings. The third kappa shape index (κ3) is 7.08. The van der Waals surface area contributed by atoms with Crippen LogP contribution in [0, 0.1) is 5.92 Å². The minimum Gasteiger partial charge on any atom is -0.469 e. The van der Waals surface area contributed by atoms with Crippen molar-refractivity contribution in [2.24, 2.45) is 5.92 Å². The lowest BCUT2D eigenvalue weighted by molar-refractivity contribution is -0.145. The molecule has 0 aliphatic rings. The summed E-state index contributed by atoms with van der Waals surface area (Å²) in [6.07, 6.45) is 6.03. The van der Waals surface area contributed by atoms with Gasteiger partial charge in [-0.15, -0.1) is 0 Å². The van der Waals surface area contributed by atoms with E-state index in [1.165, 1.54) is 13.3 Å². The summed E-state index contributed by atoms with van der Waals surface area (Å²) in [5, 5.41) is 0. The SMILES string of the molecule is CCCCOCCCN(CC(C)C(=O)OC)C(=O)c1cccnc1. The predicted molar refractivity (Wildman–Crippen MR) is 91.7 cm³/mol. The molecule has 1 heterocycles. The smallest absolute Gasteiger partial charge is 0.310 e. The summed E-state index contributed by atoms with van der Waals surface area (Å²) >= 11 is 0. The van der Waals surface area contributed by atoms with Gasteiger partial charge in [0.2, 0.25) is 0 Å². The Morgan fingerprint density at radius 3 is 2.67 bits per heavy atom. The second-order valence-corrected chi connectivity index (χ2v) is 5.74. The van der Waals surface area contributed by atoms with Crippen LogP contribution >= 0.6 is 0 Å². The highest BCUT2D eigenvalue weighted by molar-refractivity contribution is 5.94. The van der Waals surface area contributed by atoms with E-state index in [0.717, 1.165) is 25.9 Å². The summed E-state index contributed by atoms with van der Waals surface area (Å²) in [6.45, 7) is 6.06. The number of methoxy groups -OCH3 is 1. The predicted octanol–water partition coefficient (Wildman–Crippen LogP) is 2.54. The van der Waals surface area contributed by atoms with Gasteiger partial charge in [0, 0.05) is 38.7 Å². The molecule has 1 unspecified atom stereocenters. The molecular weight excluding hydrogens is 308 g/mol. The number of amides is 1. The van der Waals surface area contributed by atoms with Gasteiger partial charge in [0.1, 0.15) is 0 Å². The van der Waals surface area contributed by atoms with E-state index in [9.17, 15) is 9.59 Å². The van der Waals surface area contributed by atoms with Gasteiger partial charge in [0.25, 0.3) is 5.91 Å². The number of carbonyl (C=O) groups excluding carboxylic acids is 2. The van der Waals surface area contributed by atoms with E-state index in [0.29, 0.717) is 25.3 Å². The number of esters is 1. The van der Waals surface area contributed by atoms with Gasteiger partial charge in [-0.25, -0.2) is 0 Å². The zero-order valence-electron chi connectivity index (χ0n) is 14.9. The molecule has 134 valence electrons. The normalized spacial score (nSPS) is 11.8. The Bertz CT molecular complexity index is 493. The minimum absolute atomic E-state index is 0.132. The average Bonchev–Trinajstić information content (AvgIpc) is 2.62. The maximum Gasteiger partial charge on any atom is 0.310 e. The second kappa shape index (κ2) is 11.6. The third-order valence-electron chi connectivity index (χ3n) is 3.65. The molecule has 24 heavy (non-hydrogen) atoms. The monoisotopic (exact) mass is 336 g/mol. The summed E-state index contributed by atoms with van der Waals surface area (Å²) in [5.74, 6) is -0.831. The standard InChI is InChI=1S/C18H28N2O4/c1-4-5-11-24-12-7-10-20(14-15(2)18(22)23-3)17(21)16-8-6-9-19-13-16/h6,8-9,13,15H,4-5,7,10-12,14H2,1-3H3. The van der Waals surface area contributed by atoms with Crippen molar-refractivity contribution in [1.82, 2.24) is 9.88 Å². The molecule has 0 spiro atoms. The van der Waals surface area contributed by atoms with Crippen LogP contribution < -0.4 is 0 Å². The number of hydrogen-bond donors (Lipinski definition) is 0. The molecule has 0 bridgehead atoms. The molecular formula is C18H28N2O4. The lowest BCUT2D eigenvalue weighted by atomic mass is 10.1. The number of carbonyl (C=O) groups is 2. The largest absolute Gasteiger partial charge is 0.469 e. The van der Waals surface area contributed by atoms with Gasteiger partial charge in [0.05, 0.1) is 18.6 Å². The van der Waals surface area contributed by atoms with Crippen LogP contribution in [0.4, 0.5) is 0 Å². The molecule has 0 aliphatic carbocycles. The molecule has 6 nitrogen and oxygen atoms in total. The lowest BCUT2D eigenvalue weighted by Crippen LogP contribution is -2.38. The van der Waals surface area contributed by atoms with Crippen molar-refractivity contribution in [3.63, 3.8) is 0 Å². The highest BCUT2D eigenvalue weighted by Gasteiger charge is 2.22. The summed E-state index contributed by atoms with van der Waals surface area (Å²) in [4.78, 5) is 30.0. The topological polar surface area (TPSA) is 68.7 Å². The van der Waals surface area contributed by atoms with E-state index in [4.69, 9.17) is 9.47 Å². The quantitative estimate of drug-likeness (QED) is 0.459. The molecule has 1 aromatic heterocycles. The number of unbranched alkanes of at least 4 members (excludes halogenated alkanes) is 1. The van der Waals surface area contributed by atoms with Gasteiger partial charge in [-0.1, -0.05) is 20.3 Å². The minimum atomic E-state index is -0.378. The molecule has 0 radical (unpaired) electrons. The first-order valence-corrected chi connectivity index (χ1v) is 8.45. The molecule has 0 saturated heterocycles. The van der Waals surface area contributed by atoms with E-state index >= 15 is 0 Å². The van der Waals surface area contributed by atoms with Crippen LogP contribution in [0.3, 0.4) is 0 Å². The van der Waals surface area contributed by atoms with E-state index in [1.54, 1.807) is 30.2 Å². The molecule has 0 fully saturated rings. The Morgan fingerprint density at radius 1 is 1.29 bits per heavy atom. The van der Waals surface area contributed by atoms with Crippen LogP contribution in [0.2, 0.25) is 0 Å². The van der Waals surface area contributed by atoms with Crippen LogP contribution in [0.25, 0.3) is 0 Å². The zero-order chi connectivity index (χ0) is 17.8. The van der Waals surface area contributed by atoms with Crippen molar-refractivity contribution >= 4 is 11.9 Å². The first-order valence-electron chi connectivity index (χ1n) is 8.45. The van der Waals surface area contributed by atoms with Crippen molar-refractivity contribution < 1.29 is 19.1 Å². The molecule has 0 aromatic carbocycles. The van der Waals surface area contributed by atoms with Gasteiger partial charge in [-0.3, -0.25) is 14.6 Å². The number of hydrogen-bond acceptors (Lipinski definition) is 5. The van der Waals surface area contributed by atoms with Crippen molar-refractivity contribution in [2.75, 3.05) is 33.4 Å².